The predicted octanol–water partition coefficient (Wildman–Crippen LogP) is 2.45. The topological polar surface area (TPSA) is 118 Å². The monoisotopic (exact) mass is 451 g/mol. The number of anilines is 1. The van der Waals surface area contributed by atoms with Crippen molar-refractivity contribution in [3.8, 4) is 0 Å². The number of nitrogens with one attached hydrogen (secondary N) is 2. The van der Waals surface area contributed by atoms with Crippen molar-refractivity contribution < 1.29 is 28.3 Å². The van der Waals surface area contributed by atoms with Gasteiger partial charge in [-0.15, -0.1) is 0 Å². The number of allylic oxidation sites excluding steroid dienone is 1. The fraction of sp³-hybridized carbons (Fsp3) is 0.250. The van der Waals surface area contributed by atoms with E-state index >= 15 is 0 Å². The molecule has 0 spiro atoms. The maximum atomic E-state index is 12.5. The summed E-state index contributed by atoms with van der Waals surface area (Å²) >= 11 is 0. The van der Waals surface area contributed by atoms with Gasteiger partial charge in [-0.1, -0.05) is 6.07 Å². The molecular weight excluding hydrogens is 426 g/mol. The lowest BCUT2D eigenvalue weighted by molar-refractivity contribution is -0.136. The summed E-state index contributed by atoms with van der Waals surface area (Å²) in [5, 5.41) is 5.04. The highest BCUT2D eigenvalue weighted by Gasteiger charge is 2.35. The molecule has 0 bridgehead atoms. The van der Waals surface area contributed by atoms with E-state index < -0.39 is 17.8 Å². The van der Waals surface area contributed by atoms with E-state index in [2.05, 4.69) is 10.6 Å². The van der Waals surface area contributed by atoms with Crippen LogP contribution in [0.25, 0.3) is 6.08 Å². The maximum Gasteiger partial charge on any atom is 0.340 e. The molecule has 3 rings (SSSR count). The molecular formula is C24H25N3O6. The average Bonchev–Trinajstić information content (AvgIpc) is 3.32. The molecule has 0 fully saturated rings. The van der Waals surface area contributed by atoms with Crippen LogP contribution >= 0.6 is 0 Å². The molecule has 172 valence electrons. The number of carbonyl (C=O) groups excluding carboxylic acids is 4. The summed E-state index contributed by atoms with van der Waals surface area (Å²) in [6.45, 7) is 5.49. The van der Waals surface area contributed by atoms with Gasteiger partial charge in [0.05, 0.1) is 24.8 Å². The molecule has 0 aliphatic carbocycles. The van der Waals surface area contributed by atoms with Gasteiger partial charge in [-0.25, -0.2) is 4.79 Å². The van der Waals surface area contributed by atoms with E-state index in [9.17, 15) is 19.2 Å². The average molecular weight is 451 g/mol. The second-order valence-electron chi connectivity index (χ2n) is 7.61. The molecule has 2 heterocycles. The van der Waals surface area contributed by atoms with Gasteiger partial charge in [-0.05, 0) is 62.2 Å². The summed E-state index contributed by atoms with van der Waals surface area (Å²) in [7, 11) is 2.81. The van der Waals surface area contributed by atoms with Crippen molar-refractivity contribution in [1.82, 2.24) is 10.2 Å². The number of ether oxygens (including phenoxy) is 1. The van der Waals surface area contributed by atoms with Crippen LogP contribution in [-0.2, 0) is 30.5 Å². The molecule has 0 unspecified atom stereocenters. The number of furan rings is 1. The second-order valence-corrected chi connectivity index (χ2v) is 7.61. The fourth-order valence-electron chi connectivity index (χ4n) is 3.26. The third-order valence-electron chi connectivity index (χ3n) is 5.42. The standard InChI is InChI=1S/C24H25N3O6/c1-13-6-7-16(10-14(13)2)26-22(29)21(28)25-12-18-9-8-17(33-18)11-19-20(24(31)32-5)15(3)27(4)23(19)30/h6-11H,12H2,1-5H3,(H,25,28)(H,26,29). The minimum absolute atomic E-state index is 0.0328. The molecule has 2 aromatic rings. The Hall–Kier alpha value is -4.14. The van der Waals surface area contributed by atoms with Crippen LogP contribution < -0.4 is 10.6 Å². The number of hydrogen-bond donors (Lipinski definition) is 2. The normalized spacial score (nSPS) is 14.6. The molecule has 33 heavy (non-hydrogen) atoms. The number of likely N-dealkylation sites (N-methyl/N-ethyl adjacent to an activating group) is 1. The van der Waals surface area contributed by atoms with E-state index in [1.807, 2.05) is 19.9 Å². The van der Waals surface area contributed by atoms with Crippen LogP contribution in [0, 0.1) is 13.8 Å². The first-order valence-electron chi connectivity index (χ1n) is 10.2. The van der Waals surface area contributed by atoms with E-state index in [1.165, 1.54) is 18.1 Å². The summed E-state index contributed by atoms with van der Waals surface area (Å²) in [6.07, 6.45) is 1.44. The number of carbonyl (C=O) groups is 4. The minimum Gasteiger partial charge on any atom is -0.465 e. The molecule has 1 aromatic heterocycles. The van der Waals surface area contributed by atoms with E-state index in [0.717, 1.165) is 11.1 Å². The molecule has 2 N–H and O–H groups in total. The molecule has 1 aliphatic rings. The molecule has 0 saturated heterocycles. The van der Waals surface area contributed by atoms with Gasteiger partial charge in [0.15, 0.2) is 0 Å². The second kappa shape index (κ2) is 9.56. The zero-order chi connectivity index (χ0) is 24.3. The van der Waals surface area contributed by atoms with Gasteiger partial charge in [-0.3, -0.25) is 14.4 Å². The SMILES string of the molecule is COC(=O)C1=C(C)N(C)C(=O)C1=Cc1ccc(CNC(=O)C(=O)Nc2ccc(C)c(C)c2)o1. The van der Waals surface area contributed by atoms with E-state index in [-0.39, 0.29) is 23.6 Å². The van der Waals surface area contributed by atoms with Crippen LogP contribution in [0.5, 0.6) is 0 Å². The number of nitrogens with zero attached hydrogens (tertiary/aromatic N) is 1. The number of aryl methyl sites for hydroxylation is 2. The lowest BCUT2D eigenvalue weighted by Gasteiger charge is -2.08. The van der Waals surface area contributed by atoms with Gasteiger partial charge in [-0.2, -0.15) is 0 Å². The van der Waals surface area contributed by atoms with Crippen molar-refractivity contribution in [3.63, 3.8) is 0 Å². The van der Waals surface area contributed by atoms with Crippen molar-refractivity contribution in [2.75, 3.05) is 19.5 Å². The lowest BCUT2D eigenvalue weighted by atomic mass is 10.1. The molecule has 0 atom stereocenters. The highest BCUT2D eigenvalue weighted by atomic mass is 16.5. The quantitative estimate of drug-likeness (QED) is 0.410. The maximum absolute atomic E-state index is 12.5. The van der Waals surface area contributed by atoms with Crippen LogP contribution in [0.1, 0.15) is 29.6 Å². The smallest absolute Gasteiger partial charge is 0.340 e. The molecule has 9 heteroatoms. The Labute approximate surface area is 191 Å². The lowest BCUT2D eigenvalue weighted by Crippen LogP contribution is -2.34. The van der Waals surface area contributed by atoms with Crippen LogP contribution in [0.2, 0.25) is 0 Å². The van der Waals surface area contributed by atoms with Crippen molar-refractivity contribution in [2.45, 2.75) is 27.3 Å². The van der Waals surface area contributed by atoms with E-state index in [1.54, 1.807) is 38.2 Å². The van der Waals surface area contributed by atoms with Gasteiger partial charge in [0, 0.05) is 18.4 Å². The van der Waals surface area contributed by atoms with Gasteiger partial charge >= 0.3 is 17.8 Å². The Kier molecular flexibility index (Phi) is 6.81. The molecule has 1 aliphatic heterocycles. The minimum atomic E-state index is -0.816. The van der Waals surface area contributed by atoms with Crippen LogP contribution in [0.3, 0.4) is 0 Å². The number of esters is 1. The molecule has 0 saturated carbocycles. The number of benzene rings is 1. The zero-order valence-corrected chi connectivity index (χ0v) is 19.1. The summed E-state index contributed by atoms with van der Waals surface area (Å²) in [5.74, 6) is -1.91. The predicted molar refractivity (Wildman–Crippen MR) is 121 cm³/mol. The Morgan fingerprint density at radius 1 is 1.06 bits per heavy atom. The highest BCUT2D eigenvalue weighted by molar-refractivity contribution is 6.39. The van der Waals surface area contributed by atoms with E-state index in [0.29, 0.717) is 22.9 Å². The first-order chi connectivity index (χ1) is 15.6. The van der Waals surface area contributed by atoms with Crippen molar-refractivity contribution in [1.29, 1.82) is 0 Å². The molecule has 1 aromatic carbocycles. The zero-order valence-electron chi connectivity index (χ0n) is 19.1. The summed E-state index contributed by atoms with van der Waals surface area (Å²) in [6, 6.07) is 8.56. The summed E-state index contributed by atoms with van der Waals surface area (Å²) in [4.78, 5) is 50.2. The first kappa shape index (κ1) is 23.5. The van der Waals surface area contributed by atoms with Gasteiger partial charge in [0.25, 0.3) is 5.91 Å². The first-order valence-corrected chi connectivity index (χ1v) is 10.2. The molecule has 9 nitrogen and oxygen atoms in total. The van der Waals surface area contributed by atoms with Gasteiger partial charge < -0.3 is 24.7 Å². The number of rotatable bonds is 5. The van der Waals surface area contributed by atoms with Crippen molar-refractivity contribution >= 4 is 35.5 Å². The Morgan fingerprint density at radius 3 is 2.45 bits per heavy atom. The van der Waals surface area contributed by atoms with Gasteiger partial charge in [0.2, 0.25) is 0 Å². The summed E-state index contributed by atoms with van der Waals surface area (Å²) in [5.41, 5.74) is 3.40. The third-order valence-corrected chi connectivity index (χ3v) is 5.42. The van der Waals surface area contributed by atoms with Crippen LogP contribution in [0.4, 0.5) is 5.69 Å². The van der Waals surface area contributed by atoms with Gasteiger partial charge in [0.1, 0.15) is 11.5 Å². The number of methoxy groups -OCH3 is 1. The Balaban J connectivity index is 1.65. The van der Waals surface area contributed by atoms with Crippen molar-refractivity contribution in [3.05, 3.63) is 69.8 Å². The fourth-order valence-corrected chi connectivity index (χ4v) is 3.26. The molecule has 0 radical (unpaired) electrons. The van der Waals surface area contributed by atoms with Crippen LogP contribution in [-0.4, -0.2) is 42.7 Å². The van der Waals surface area contributed by atoms with Crippen LogP contribution in [0.15, 0.2) is 51.6 Å². The van der Waals surface area contributed by atoms with Crippen molar-refractivity contribution in [2.24, 2.45) is 0 Å². The van der Waals surface area contributed by atoms with E-state index in [4.69, 9.17) is 9.15 Å². The number of hydrogen-bond acceptors (Lipinski definition) is 6. The molecule has 3 amide bonds. The summed E-state index contributed by atoms with van der Waals surface area (Å²) < 4.78 is 10.4. The number of amides is 3. The Morgan fingerprint density at radius 2 is 1.79 bits per heavy atom. The Bertz CT molecular complexity index is 1200. The third kappa shape index (κ3) is 5.03. The largest absolute Gasteiger partial charge is 0.465 e. The highest BCUT2D eigenvalue weighted by Crippen LogP contribution is 2.30.